The molecule has 0 bridgehead atoms. The summed E-state index contributed by atoms with van der Waals surface area (Å²) in [7, 11) is 0. The number of likely N-dealkylation sites (tertiary alicyclic amines) is 1. The van der Waals surface area contributed by atoms with Crippen LogP contribution in [0.3, 0.4) is 0 Å². The minimum Gasteiger partial charge on any atom is -0.393 e. The molecule has 1 fully saturated rings. The van der Waals surface area contributed by atoms with Crippen molar-refractivity contribution in [2.45, 2.75) is 57.7 Å². The maximum absolute atomic E-state index is 12.7. The summed E-state index contributed by atoms with van der Waals surface area (Å²) >= 11 is 0. The van der Waals surface area contributed by atoms with Crippen LogP contribution in [-0.2, 0) is 19.4 Å². The molecule has 150 valence electrons. The molecule has 28 heavy (non-hydrogen) atoms. The van der Waals surface area contributed by atoms with Crippen LogP contribution in [0.25, 0.3) is 0 Å². The van der Waals surface area contributed by atoms with Crippen LogP contribution in [0.15, 0.2) is 30.3 Å². The second kappa shape index (κ2) is 8.45. The predicted molar refractivity (Wildman–Crippen MR) is 108 cm³/mol. The van der Waals surface area contributed by atoms with E-state index in [4.69, 9.17) is 5.10 Å². The lowest BCUT2D eigenvalue weighted by Gasteiger charge is -2.38. The normalized spacial score (nSPS) is 20.7. The molecule has 2 heterocycles. The van der Waals surface area contributed by atoms with Crippen molar-refractivity contribution < 1.29 is 9.90 Å². The summed E-state index contributed by atoms with van der Waals surface area (Å²) in [6, 6.07) is 10.7. The third kappa shape index (κ3) is 3.98. The first-order valence-electron chi connectivity index (χ1n) is 10.5. The van der Waals surface area contributed by atoms with E-state index in [0.717, 1.165) is 50.8 Å². The fourth-order valence-electron chi connectivity index (χ4n) is 4.55. The van der Waals surface area contributed by atoms with Gasteiger partial charge in [0.1, 0.15) is 0 Å². The average Bonchev–Trinajstić information content (AvgIpc) is 3.07. The number of hydrogen-bond donors (Lipinski definition) is 2. The molecule has 6 heteroatoms. The van der Waals surface area contributed by atoms with Crippen LogP contribution in [-0.4, -0.2) is 57.5 Å². The van der Waals surface area contributed by atoms with E-state index in [1.54, 1.807) is 0 Å². The molecule has 4 rings (SSSR count). The molecule has 1 atom stereocenters. The smallest absolute Gasteiger partial charge is 0.272 e. The number of amides is 1. The van der Waals surface area contributed by atoms with E-state index < -0.39 is 0 Å². The van der Waals surface area contributed by atoms with Crippen LogP contribution >= 0.6 is 0 Å². The van der Waals surface area contributed by atoms with Gasteiger partial charge in [-0.1, -0.05) is 30.3 Å². The second-order valence-electron chi connectivity index (χ2n) is 7.94. The first kappa shape index (κ1) is 19.2. The van der Waals surface area contributed by atoms with E-state index in [2.05, 4.69) is 22.3 Å². The highest BCUT2D eigenvalue weighted by molar-refractivity contribution is 5.94. The van der Waals surface area contributed by atoms with Crippen LogP contribution in [0.4, 0.5) is 0 Å². The van der Waals surface area contributed by atoms with Crippen molar-refractivity contribution in [3.8, 4) is 0 Å². The van der Waals surface area contributed by atoms with Gasteiger partial charge in [-0.05, 0) is 44.6 Å². The van der Waals surface area contributed by atoms with E-state index in [9.17, 15) is 9.90 Å². The zero-order valence-corrected chi connectivity index (χ0v) is 16.6. The van der Waals surface area contributed by atoms with Crippen LogP contribution in [0.2, 0.25) is 0 Å². The number of rotatable bonds is 5. The molecule has 0 saturated carbocycles. The standard InChI is InChI=1S/C22H30N4O2/c1-2-23-22(28)21-19-14-17(25-12-10-18(27)11-13-25)8-9-20(19)26(24-21)15-16-6-4-3-5-7-16/h3-7,17-18,27H,2,8-15H2,1H3,(H,23,28)/t17-/m0/s1. The van der Waals surface area contributed by atoms with E-state index >= 15 is 0 Å². The Labute approximate surface area is 166 Å². The van der Waals surface area contributed by atoms with E-state index in [0.29, 0.717) is 24.8 Å². The molecule has 2 aliphatic rings. The van der Waals surface area contributed by atoms with Gasteiger partial charge in [-0.2, -0.15) is 5.10 Å². The summed E-state index contributed by atoms with van der Waals surface area (Å²) in [6.45, 7) is 5.12. The van der Waals surface area contributed by atoms with Gasteiger partial charge in [0.25, 0.3) is 5.91 Å². The third-order valence-electron chi connectivity index (χ3n) is 6.06. The summed E-state index contributed by atoms with van der Waals surface area (Å²) < 4.78 is 2.03. The molecular weight excluding hydrogens is 352 g/mol. The largest absolute Gasteiger partial charge is 0.393 e. The Morgan fingerprint density at radius 1 is 1.21 bits per heavy atom. The summed E-state index contributed by atoms with van der Waals surface area (Å²) in [6.07, 6.45) is 4.43. The molecule has 1 saturated heterocycles. The van der Waals surface area contributed by atoms with Gasteiger partial charge in [-0.3, -0.25) is 14.4 Å². The molecular formula is C22H30N4O2. The Hall–Kier alpha value is -2.18. The van der Waals surface area contributed by atoms with Gasteiger partial charge in [0.2, 0.25) is 0 Å². The number of aliphatic hydroxyl groups excluding tert-OH is 1. The fraction of sp³-hybridized carbons (Fsp3) is 0.545. The Balaban J connectivity index is 1.60. The number of nitrogens with zero attached hydrogens (tertiary/aromatic N) is 3. The van der Waals surface area contributed by atoms with Gasteiger partial charge < -0.3 is 10.4 Å². The fourth-order valence-corrected chi connectivity index (χ4v) is 4.55. The minimum absolute atomic E-state index is 0.0692. The second-order valence-corrected chi connectivity index (χ2v) is 7.94. The lowest BCUT2D eigenvalue weighted by molar-refractivity contribution is 0.0568. The van der Waals surface area contributed by atoms with Crippen molar-refractivity contribution in [1.29, 1.82) is 0 Å². The van der Waals surface area contributed by atoms with Gasteiger partial charge in [0, 0.05) is 36.9 Å². The molecule has 0 radical (unpaired) electrons. The number of aliphatic hydroxyl groups is 1. The number of piperidine rings is 1. The number of fused-ring (bicyclic) bond motifs is 1. The molecule has 0 unspecified atom stereocenters. The molecule has 1 aliphatic carbocycles. The first-order valence-corrected chi connectivity index (χ1v) is 10.5. The Kier molecular flexibility index (Phi) is 5.78. The highest BCUT2D eigenvalue weighted by atomic mass is 16.3. The average molecular weight is 383 g/mol. The maximum atomic E-state index is 12.7. The molecule has 1 aromatic heterocycles. The maximum Gasteiger partial charge on any atom is 0.272 e. The molecule has 6 nitrogen and oxygen atoms in total. The predicted octanol–water partition coefficient (Wildman–Crippen LogP) is 2.00. The zero-order valence-electron chi connectivity index (χ0n) is 16.6. The molecule has 0 spiro atoms. The van der Waals surface area contributed by atoms with Crippen LogP contribution < -0.4 is 5.32 Å². The number of nitrogens with one attached hydrogen (secondary N) is 1. The highest BCUT2D eigenvalue weighted by Crippen LogP contribution is 2.29. The van der Waals surface area contributed by atoms with Crippen molar-refractivity contribution in [2.24, 2.45) is 0 Å². The first-order chi connectivity index (χ1) is 13.7. The molecule has 1 amide bonds. The van der Waals surface area contributed by atoms with Crippen molar-refractivity contribution in [3.63, 3.8) is 0 Å². The summed E-state index contributed by atoms with van der Waals surface area (Å²) in [5.41, 5.74) is 4.11. The van der Waals surface area contributed by atoms with E-state index in [-0.39, 0.29) is 12.0 Å². The molecule has 1 aliphatic heterocycles. The molecule has 2 aromatic rings. The Morgan fingerprint density at radius 3 is 2.68 bits per heavy atom. The van der Waals surface area contributed by atoms with E-state index in [1.165, 1.54) is 11.3 Å². The van der Waals surface area contributed by atoms with Crippen molar-refractivity contribution in [3.05, 3.63) is 52.8 Å². The number of benzene rings is 1. The van der Waals surface area contributed by atoms with Gasteiger partial charge >= 0.3 is 0 Å². The quantitative estimate of drug-likeness (QED) is 0.830. The van der Waals surface area contributed by atoms with Gasteiger partial charge in [0.05, 0.1) is 12.6 Å². The van der Waals surface area contributed by atoms with E-state index in [1.807, 2.05) is 29.8 Å². The lowest BCUT2D eigenvalue weighted by atomic mass is 9.89. The highest BCUT2D eigenvalue weighted by Gasteiger charge is 2.33. The van der Waals surface area contributed by atoms with Gasteiger partial charge in [-0.15, -0.1) is 0 Å². The zero-order chi connectivity index (χ0) is 19.5. The summed E-state index contributed by atoms with van der Waals surface area (Å²) in [5.74, 6) is -0.0692. The number of aromatic nitrogens is 2. The Bertz CT molecular complexity index is 809. The number of carbonyl (C=O) groups excluding carboxylic acids is 1. The van der Waals surface area contributed by atoms with Gasteiger partial charge in [0.15, 0.2) is 5.69 Å². The van der Waals surface area contributed by atoms with Gasteiger partial charge in [-0.25, -0.2) is 0 Å². The molecule has 1 aromatic carbocycles. The number of hydrogen-bond acceptors (Lipinski definition) is 4. The number of carbonyl (C=O) groups is 1. The Morgan fingerprint density at radius 2 is 1.96 bits per heavy atom. The topological polar surface area (TPSA) is 70.4 Å². The van der Waals surface area contributed by atoms with Crippen molar-refractivity contribution in [1.82, 2.24) is 20.0 Å². The van der Waals surface area contributed by atoms with Crippen LogP contribution in [0.1, 0.15) is 53.5 Å². The monoisotopic (exact) mass is 382 g/mol. The lowest BCUT2D eigenvalue weighted by Crippen LogP contribution is -2.45. The van der Waals surface area contributed by atoms with Crippen molar-refractivity contribution in [2.75, 3.05) is 19.6 Å². The van der Waals surface area contributed by atoms with Crippen LogP contribution in [0.5, 0.6) is 0 Å². The summed E-state index contributed by atoms with van der Waals surface area (Å²) in [4.78, 5) is 15.2. The van der Waals surface area contributed by atoms with Crippen molar-refractivity contribution >= 4 is 5.91 Å². The summed E-state index contributed by atoms with van der Waals surface area (Å²) in [5, 5.41) is 17.5. The van der Waals surface area contributed by atoms with Crippen LogP contribution in [0, 0.1) is 0 Å². The SMILES string of the molecule is CCNC(=O)c1nn(Cc2ccccc2)c2c1C[C@@H](N1CCC(O)CC1)CC2. The minimum atomic E-state index is -0.157. The molecule has 2 N–H and O–H groups in total. The third-order valence-corrected chi connectivity index (χ3v) is 6.06.